The first-order valence-corrected chi connectivity index (χ1v) is 8.38. The summed E-state index contributed by atoms with van der Waals surface area (Å²) in [6.07, 6.45) is 2.99. The molecule has 2 heterocycles. The minimum absolute atomic E-state index is 0.140. The lowest BCUT2D eigenvalue weighted by Crippen LogP contribution is -2.47. The minimum Gasteiger partial charge on any atom is -0.306 e. The number of nitrogens with zero attached hydrogens (tertiary/aromatic N) is 1. The second-order valence-corrected chi connectivity index (χ2v) is 8.04. The Kier molecular flexibility index (Phi) is 3.50. The molecule has 0 saturated carbocycles. The van der Waals surface area contributed by atoms with Gasteiger partial charge in [-0.05, 0) is 31.5 Å². The number of benzene rings is 1. The van der Waals surface area contributed by atoms with Crippen molar-refractivity contribution in [3.8, 4) is 0 Å². The van der Waals surface area contributed by atoms with Crippen LogP contribution in [0.25, 0.3) is 0 Å². The monoisotopic (exact) mass is 261 g/mol. The third-order valence-corrected chi connectivity index (χ3v) is 7.28. The molecule has 1 aromatic carbocycles. The molecule has 18 heavy (non-hydrogen) atoms. The number of Topliss-reactive ketones (excluding diaryl/α,β-unsaturated/α-hetero) is 1. The molecular weight excluding hydrogens is 241 g/mol. The van der Waals surface area contributed by atoms with Crippen LogP contribution in [0.4, 0.5) is 0 Å². The number of likely N-dealkylation sites (tertiary alicyclic amines) is 1. The van der Waals surface area contributed by atoms with Gasteiger partial charge in [-0.3, -0.25) is 4.79 Å². The topological polar surface area (TPSA) is 20.3 Å². The first-order valence-electron chi connectivity index (χ1n) is 6.78. The minimum atomic E-state index is -0.140. The lowest BCUT2D eigenvalue weighted by Gasteiger charge is -2.43. The van der Waals surface area contributed by atoms with Gasteiger partial charge in [-0.2, -0.15) is 0 Å². The summed E-state index contributed by atoms with van der Waals surface area (Å²) in [4.78, 5) is 14.5. The van der Waals surface area contributed by atoms with E-state index in [-0.39, 0.29) is 7.92 Å². The van der Waals surface area contributed by atoms with Crippen molar-refractivity contribution >= 4 is 19.0 Å². The summed E-state index contributed by atoms with van der Waals surface area (Å²) in [5, 5.41) is 1.49. The van der Waals surface area contributed by atoms with Gasteiger partial charge in [-0.25, -0.2) is 0 Å². The van der Waals surface area contributed by atoms with E-state index in [0.717, 1.165) is 32.1 Å². The molecule has 3 heteroatoms. The molecule has 0 aliphatic carbocycles. The van der Waals surface area contributed by atoms with Crippen molar-refractivity contribution in [2.75, 3.05) is 26.3 Å². The predicted octanol–water partition coefficient (Wildman–Crippen LogP) is 2.09. The van der Waals surface area contributed by atoms with E-state index in [2.05, 4.69) is 42.3 Å². The molecule has 2 aliphatic rings. The third kappa shape index (κ3) is 2.24. The fourth-order valence-corrected chi connectivity index (χ4v) is 6.52. The zero-order chi connectivity index (χ0) is 12.5. The molecule has 3 rings (SSSR count). The largest absolute Gasteiger partial charge is 0.306 e. The van der Waals surface area contributed by atoms with Gasteiger partial charge in [-0.1, -0.05) is 38.3 Å². The quantitative estimate of drug-likeness (QED) is 0.721. The van der Waals surface area contributed by atoms with E-state index < -0.39 is 0 Å². The maximum Gasteiger partial charge on any atom is 0.137 e. The van der Waals surface area contributed by atoms with Gasteiger partial charge in [-0.15, -0.1) is 0 Å². The van der Waals surface area contributed by atoms with Crippen LogP contribution in [0.15, 0.2) is 30.3 Å². The zero-order valence-corrected chi connectivity index (χ0v) is 11.8. The standard InChI is InChI=1S/C15H20NOP/c1-16-9-7-13-14(17)8-10-18(15(13)11-16)12-5-3-2-4-6-12/h2-6,13,15H,7-11H2,1H3. The number of ketones is 1. The average Bonchev–Trinajstić information content (AvgIpc) is 2.40. The number of hydrogen-bond acceptors (Lipinski definition) is 2. The molecule has 0 bridgehead atoms. The Hall–Kier alpha value is -0.720. The van der Waals surface area contributed by atoms with E-state index in [4.69, 9.17) is 0 Å². The van der Waals surface area contributed by atoms with Gasteiger partial charge in [0.05, 0.1) is 0 Å². The maximum absolute atomic E-state index is 12.1. The van der Waals surface area contributed by atoms with E-state index in [9.17, 15) is 4.79 Å². The Morgan fingerprint density at radius 3 is 2.83 bits per heavy atom. The van der Waals surface area contributed by atoms with Crippen molar-refractivity contribution in [2.45, 2.75) is 18.5 Å². The van der Waals surface area contributed by atoms with Crippen molar-refractivity contribution in [3.63, 3.8) is 0 Å². The van der Waals surface area contributed by atoms with Gasteiger partial charge in [0, 0.05) is 24.5 Å². The average molecular weight is 261 g/mol. The Bertz CT molecular complexity index is 433. The van der Waals surface area contributed by atoms with Gasteiger partial charge in [0.15, 0.2) is 0 Å². The molecule has 2 aliphatic heterocycles. The molecule has 0 spiro atoms. The Morgan fingerprint density at radius 1 is 1.28 bits per heavy atom. The van der Waals surface area contributed by atoms with Crippen LogP contribution in [0, 0.1) is 5.92 Å². The lowest BCUT2D eigenvalue weighted by molar-refractivity contribution is -0.123. The van der Waals surface area contributed by atoms with Crippen LogP contribution in [-0.4, -0.2) is 42.6 Å². The maximum atomic E-state index is 12.1. The zero-order valence-electron chi connectivity index (χ0n) is 10.9. The predicted molar refractivity (Wildman–Crippen MR) is 76.9 cm³/mol. The smallest absolute Gasteiger partial charge is 0.137 e. The SMILES string of the molecule is CN1CCC2C(=O)CCP(c3ccccc3)C2C1. The highest BCUT2D eigenvalue weighted by molar-refractivity contribution is 7.66. The lowest BCUT2D eigenvalue weighted by atomic mass is 9.90. The van der Waals surface area contributed by atoms with E-state index >= 15 is 0 Å². The summed E-state index contributed by atoms with van der Waals surface area (Å²) >= 11 is 0. The highest BCUT2D eigenvalue weighted by Gasteiger charge is 2.41. The Morgan fingerprint density at radius 2 is 2.06 bits per heavy atom. The van der Waals surface area contributed by atoms with Crippen LogP contribution in [0.5, 0.6) is 0 Å². The van der Waals surface area contributed by atoms with Crippen LogP contribution in [0.3, 0.4) is 0 Å². The summed E-state index contributed by atoms with van der Waals surface area (Å²) in [6.45, 7) is 2.20. The fourth-order valence-electron chi connectivity index (χ4n) is 3.30. The summed E-state index contributed by atoms with van der Waals surface area (Å²) in [5.41, 5.74) is 0.599. The summed E-state index contributed by atoms with van der Waals surface area (Å²) in [6, 6.07) is 10.9. The molecule has 0 N–H and O–H groups in total. The van der Waals surface area contributed by atoms with Gasteiger partial charge in [0.25, 0.3) is 0 Å². The van der Waals surface area contributed by atoms with Crippen LogP contribution >= 0.6 is 7.92 Å². The van der Waals surface area contributed by atoms with Gasteiger partial charge in [0.2, 0.25) is 0 Å². The van der Waals surface area contributed by atoms with Gasteiger partial charge >= 0.3 is 0 Å². The number of carbonyl (C=O) groups is 1. The molecule has 2 saturated heterocycles. The second-order valence-electron chi connectivity index (χ2n) is 5.47. The van der Waals surface area contributed by atoms with E-state index in [0.29, 0.717) is 17.4 Å². The van der Waals surface area contributed by atoms with Crippen LogP contribution in [0.1, 0.15) is 12.8 Å². The highest BCUT2D eigenvalue weighted by Crippen LogP contribution is 2.50. The normalized spacial score (nSPS) is 33.2. The molecule has 2 nitrogen and oxygen atoms in total. The summed E-state index contributed by atoms with van der Waals surface area (Å²) in [5.74, 6) is 0.879. The molecule has 3 unspecified atom stereocenters. The molecule has 1 aromatic rings. The molecule has 0 radical (unpaired) electrons. The summed E-state index contributed by atoms with van der Waals surface area (Å²) in [7, 11) is 2.05. The van der Waals surface area contributed by atoms with Crippen molar-refractivity contribution in [1.29, 1.82) is 0 Å². The first-order chi connectivity index (χ1) is 8.75. The number of carbonyl (C=O) groups excluding carboxylic acids is 1. The van der Waals surface area contributed by atoms with Crippen LogP contribution < -0.4 is 5.30 Å². The molecular formula is C15H20NOP. The molecule has 0 amide bonds. The van der Waals surface area contributed by atoms with E-state index in [1.807, 2.05) is 0 Å². The number of piperidine rings is 1. The first kappa shape index (κ1) is 12.3. The third-order valence-electron chi connectivity index (χ3n) is 4.29. The molecule has 0 aromatic heterocycles. The summed E-state index contributed by atoms with van der Waals surface area (Å²) < 4.78 is 0. The van der Waals surface area contributed by atoms with Crippen LogP contribution in [0.2, 0.25) is 0 Å². The fraction of sp³-hybridized carbons (Fsp3) is 0.533. The van der Waals surface area contributed by atoms with Gasteiger partial charge < -0.3 is 4.90 Å². The number of rotatable bonds is 1. The van der Waals surface area contributed by atoms with Crippen molar-refractivity contribution in [1.82, 2.24) is 4.90 Å². The Balaban J connectivity index is 1.88. The number of hydrogen-bond donors (Lipinski definition) is 0. The molecule has 2 fully saturated rings. The van der Waals surface area contributed by atoms with E-state index in [1.165, 1.54) is 5.30 Å². The van der Waals surface area contributed by atoms with Crippen molar-refractivity contribution < 1.29 is 4.79 Å². The number of fused-ring (bicyclic) bond motifs is 1. The molecule has 96 valence electrons. The van der Waals surface area contributed by atoms with Gasteiger partial charge in [0.1, 0.15) is 5.78 Å². The molecule has 3 atom stereocenters. The van der Waals surface area contributed by atoms with E-state index in [1.54, 1.807) is 0 Å². The van der Waals surface area contributed by atoms with Crippen molar-refractivity contribution in [3.05, 3.63) is 30.3 Å². The second kappa shape index (κ2) is 5.11. The Labute approximate surface area is 110 Å². The van der Waals surface area contributed by atoms with Crippen LogP contribution in [-0.2, 0) is 4.79 Å². The van der Waals surface area contributed by atoms with Crippen molar-refractivity contribution in [2.24, 2.45) is 5.92 Å². The highest BCUT2D eigenvalue weighted by atomic mass is 31.1.